The molecule has 0 saturated carbocycles. The van der Waals surface area contributed by atoms with Gasteiger partial charge >= 0.3 is 0 Å². The molecule has 6 nitrogen and oxygen atoms in total. The number of allylic oxidation sites excluding steroid dienone is 4. The van der Waals surface area contributed by atoms with Gasteiger partial charge in [0.15, 0.2) is 0 Å². The molecule has 198 valence electrons. The molecule has 1 amide bonds. The normalized spacial score (nSPS) is 14.9. The average molecular weight is 508 g/mol. The zero-order valence-electron chi connectivity index (χ0n) is 21.6. The zero-order chi connectivity index (χ0) is 26.3. The topological polar surface area (TPSA) is 62.8 Å². The second-order valence-corrected chi connectivity index (χ2v) is 8.99. The highest BCUT2D eigenvalue weighted by Crippen LogP contribution is 2.26. The number of hydrogen-bond donors (Lipinski definition) is 2. The molecule has 0 spiro atoms. The van der Waals surface area contributed by atoms with Gasteiger partial charge in [0.25, 0.3) is 0 Å². The number of nitrogens with one attached hydrogen (secondary N) is 2. The van der Waals surface area contributed by atoms with Gasteiger partial charge in [-0.25, -0.2) is 4.39 Å². The molecule has 0 radical (unpaired) electrons. The first-order valence-electron chi connectivity index (χ1n) is 12.8. The molecule has 1 fully saturated rings. The summed E-state index contributed by atoms with van der Waals surface area (Å²) in [5.41, 5.74) is 3.17. The third-order valence-corrected chi connectivity index (χ3v) is 6.28. The third-order valence-electron chi connectivity index (χ3n) is 6.28. The summed E-state index contributed by atoms with van der Waals surface area (Å²) >= 11 is 0. The van der Waals surface area contributed by atoms with E-state index in [1.54, 1.807) is 13.2 Å². The Labute approximate surface area is 219 Å². The van der Waals surface area contributed by atoms with Gasteiger partial charge in [0, 0.05) is 57.0 Å². The van der Waals surface area contributed by atoms with Crippen molar-refractivity contribution < 1.29 is 18.7 Å². The van der Waals surface area contributed by atoms with Gasteiger partial charge in [0.2, 0.25) is 6.41 Å². The van der Waals surface area contributed by atoms with Gasteiger partial charge in [-0.3, -0.25) is 4.79 Å². The van der Waals surface area contributed by atoms with Crippen molar-refractivity contribution in [2.24, 2.45) is 0 Å². The maximum absolute atomic E-state index is 14.5. The first-order valence-corrected chi connectivity index (χ1v) is 12.8. The lowest BCUT2D eigenvalue weighted by molar-refractivity contribution is -0.109. The highest BCUT2D eigenvalue weighted by molar-refractivity contribution is 5.51. The summed E-state index contributed by atoms with van der Waals surface area (Å²) in [6.45, 7) is 7.74. The fourth-order valence-corrected chi connectivity index (χ4v) is 4.19. The average Bonchev–Trinajstić information content (AvgIpc) is 2.93. The van der Waals surface area contributed by atoms with E-state index in [9.17, 15) is 9.18 Å². The Morgan fingerprint density at radius 3 is 2.68 bits per heavy atom. The number of piperazine rings is 1. The van der Waals surface area contributed by atoms with Crippen LogP contribution in [0.25, 0.3) is 0 Å². The van der Waals surface area contributed by atoms with Crippen LogP contribution in [0, 0.1) is 5.82 Å². The smallest absolute Gasteiger partial charge is 0.207 e. The van der Waals surface area contributed by atoms with Gasteiger partial charge in [-0.2, -0.15) is 0 Å². The summed E-state index contributed by atoms with van der Waals surface area (Å²) in [5.74, 6) is 0.761. The minimum Gasteiger partial charge on any atom is -0.497 e. The highest BCUT2D eigenvalue weighted by atomic mass is 19.1. The van der Waals surface area contributed by atoms with E-state index in [1.807, 2.05) is 36.4 Å². The van der Waals surface area contributed by atoms with E-state index in [4.69, 9.17) is 9.47 Å². The number of nitrogens with zero attached hydrogens (tertiary/aromatic N) is 1. The van der Waals surface area contributed by atoms with Crippen LogP contribution in [0.15, 0.2) is 84.7 Å². The van der Waals surface area contributed by atoms with E-state index in [0.717, 1.165) is 50.3 Å². The molecule has 2 N–H and O–H groups in total. The predicted molar refractivity (Wildman–Crippen MR) is 147 cm³/mol. The van der Waals surface area contributed by atoms with Crippen molar-refractivity contribution in [3.63, 3.8) is 0 Å². The van der Waals surface area contributed by atoms with E-state index in [0.29, 0.717) is 37.3 Å². The third kappa shape index (κ3) is 10.1. The first-order chi connectivity index (χ1) is 18.1. The fraction of sp³-hybridized carbons (Fsp3) is 0.367. The maximum Gasteiger partial charge on any atom is 0.207 e. The van der Waals surface area contributed by atoms with Crippen molar-refractivity contribution in [3.8, 4) is 5.75 Å². The summed E-state index contributed by atoms with van der Waals surface area (Å²) < 4.78 is 26.0. The molecule has 1 atom stereocenters. The Morgan fingerprint density at radius 1 is 1.16 bits per heavy atom. The number of amides is 1. The molecule has 3 rings (SSSR count). The lowest BCUT2D eigenvalue weighted by Crippen LogP contribution is -2.43. The number of methoxy groups -OCH3 is 1. The van der Waals surface area contributed by atoms with Gasteiger partial charge < -0.3 is 25.0 Å². The maximum atomic E-state index is 14.5. The Morgan fingerprint density at radius 2 is 1.95 bits per heavy atom. The van der Waals surface area contributed by atoms with Gasteiger partial charge in [-0.1, -0.05) is 54.6 Å². The Bertz CT molecular complexity index is 1050. The van der Waals surface area contributed by atoms with Crippen LogP contribution < -0.4 is 20.3 Å². The second-order valence-electron chi connectivity index (χ2n) is 8.99. The zero-order valence-corrected chi connectivity index (χ0v) is 21.6. The van der Waals surface area contributed by atoms with E-state index >= 15 is 0 Å². The largest absolute Gasteiger partial charge is 0.497 e. The molecule has 7 heteroatoms. The van der Waals surface area contributed by atoms with Gasteiger partial charge in [0.05, 0.1) is 7.11 Å². The van der Waals surface area contributed by atoms with Crippen LogP contribution in [0.2, 0.25) is 0 Å². The summed E-state index contributed by atoms with van der Waals surface area (Å²) in [7, 11) is 1.59. The summed E-state index contributed by atoms with van der Waals surface area (Å²) in [5, 5.41) is 6.03. The molecule has 37 heavy (non-hydrogen) atoms. The quantitative estimate of drug-likeness (QED) is 0.157. The number of halogens is 1. The Balaban J connectivity index is 1.73. The van der Waals surface area contributed by atoms with E-state index in [1.165, 1.54) is 11.6 Å². The molecule has 0 aromatic heterocycles. The lowest BCUT2D eigenvalue weighted by Gasteiger charge is -2.30. The second kappa shape index (κ2) is 15.5. The van der Waals surface area contributed by atoms with Crippen LogP contribution in [0.1, 0.15) is 24.8 Å². The molecule has 1 unspecified atom stereocenters. The highest BCUT2D eigenvalue weighted by Gasteiger charge is 2.16. The number of rotatable bonds is 15. The molecule has 1 heterocycles. The minimum absolute atomic E-state index is 0.204. The van der Waals surface area contributed by atoms with Gasteiger partial charge in [0.1, 0.15) is 23.4 Å². The van der Waals surface area contributed by atoms with Crippen LogP contribution in [0.5, 0.6) is 5.75 Å². The number of ether oxygens (including phenoxy) is 2. The number of carbonyl (C=O) groups excluding carboxylic acids is 1. The molecule has 2 aromatic rings. The van der Waals surface area contributed by atoms with Gasteiger partial charge in [-0.05, 0) is 37.0 Å². The number of carbonyl (C=O) groups is 1. The standard InChI is InChI=1S/C30H38FN3O3/c1-24(36-2)8-9-26(11-10-25-6-4-3-5-7-25)12-13-29(14-15-33-23-35)37-30-21-27(31)20-28(22-30)34-18-16-32-17-19-34/h3-9,11,20-23,29,32H,1,10,12-19H2,2H3,(H,33,35)/b9-8-,26-11+. The number of hydrogen-bond acceptors (Lipinski definition) is 5. The van der Waals surface area contributed by atoms with Crippen molar-refractivity contribution in [2.75, 3.05) is 44.7 Å². The molecule has 0 aliphatic carbocycles. The fourth-order valence-electron chi connectivity index (χ4n) is 4.19. The van der Waals surface area contributed by atoms with Crippen molar-refractivity contribution >= 4 is 12.1 Å². The van der Waals surface area contributed by atoms with Crippen LogP contribution >= 0.6 is 0 Å². The van der Waals surface area contributed by atoms with Crippen molar-refractivity contribution in [1.29, 1.82) is 0 Å². The molecular weight excluding hydrogens is 469 g/mol. The molecule has 2 aromatic carbocycles. The first kappa shape index (κ1) is 28.0. The Kier molecular flexibility index (Phi) is 11.7. The van der Waals surface area contributed by atoms with E-state index in [-0.39, 0.29) is 11.9 Å². The summed E-state index contributed by atoms with van der Waals surface area (Å²) in [6, 6.07) is 15.2. The van der Waals surface area contributed by atoms with E-state index in [2.05, 4.69) is 40.3 Å². The molecule has 1 aliphatic heterocycles. The van der Waals surface area contributed by atoms with Crippen LogP contribution in [-0.2, 0) is 16.0 Å². The van der Waals surface area contributed by atoms with Crippen LogP contribution in [-0.4, -0.2) is 52.3 Å². The van der Waals surface area contributed by atoms with Crippen LogP contribution in [0.3, 0.4) is 0 Å². The summed E-state index contributed by atoms with van der Waals surface area (Å²) in [4.78, 5) is 13.0. The number of anilines is 1. The van der Waals surface area contributed by atoms with Crippen molar-refractivity contribution in [1.82, 2.24) is 10.6 Å². The summed E-state index contributed by atoms with van der Waals surface area (Å²) in [6.07, 6.45) is 9.40. The van der Waals surface area contributed by atoms with Crippen molar-refractivity contribution in [2.45, 2.75) is 31.8 Å². The molecule has 1 saturated heterocycles. The van der Waals surface area contributed by atoms with Crippen molar-refractivity contribution in [3.05, 3.63) is 96.1 Å². The molecular formula is C30H38FN3O3. The minimum atomic E-state index is -0.319. The van der Waals surface area contributed by atoms with E-state index < -0.39 is 0 Å². The van der Waals surface area contributed by atoms with Crippen LogP contribution in [0.4, 0.5) is 10.1 Å². The molecule has 1 aliphatic rings. The SMILES string of the molecule is C=C(/C=C\C(=C/Cc1ccccc1)CCC(CCNC=O)Oc1cc(F)cc(N2CCNCC2)c1)OC. The predicted octanol–water partition coefficient (Wildman–Crippen LogP) is 4.78. The molecule has 0 bridgehead atoms. The number of benzene rings is 2. The lowest BCUT2D eigenvalue weighted by atomic mass is 10.0. The van der Waals surface area contributed by atoms with Gasteiger partial charge in [-0.15, -0.1) is 0 Å². The monoisotopic (exact) mass is 507 g/mol. The Hall–Kier alpha value is -3.58.